The lowest BCUT2D eigenvalue weighted by molar-refractivity contribution is 0.0250. The number of aliphatic hydroxyl groups is 1. The van der Waals surface area contributed by atoms with Gasteiger partial charge in [-0.1, -0.05) is 22.0 Å². The van der Waals surface area contributed by atoms with Crippen molar-refractivity contribution in [3.05, 3.63) is 28.7 Å². The van der Waals surface area contributed by atoms with E-state index in [1.807, 2.05) is 12.1 Å². The Hall–Kier alpha value is -0.580. The summed E-state index contributed by atoms with van der Waals surface area (Å²) < 4.78 is 1.09. The van der Waals surface area contributed by atoms with E-state index in [4.69, 9.17) is 5.73 Å². The summed E-state index contributed by atoms with van der Waals surface area (Å²) in [5, 5.41) is 10.0. The van der Waals surface area contributed by atoms with Crippen molar-refractivity contribution in [2.75, 3.05) is 24.5 Å². The quantitative estimate of drug-likeness (QED) is 0.870. The Morgan fingerprint density at radius 2 is 2.06 bits per heavy atom. The molecule has 0 spiro atoms. The topological polar surface area (TPSA) is 49.5 Å². The van der Waals surface area contributed by atoms with Crippen LogP contribution >= 0.6 is 15.9 Å². The second kappa shape index (κ2) is 4.73. The number of hydrogen-bond acceptors (Lipinski definition) is 3. The van der Waals surface area contributed by atoms with Crippen LogP contribution in [0.25, 0.3) is 0 Å². The van der Waals surface area contributed by atoms with Gasteiger partial charge in [0, 0.05) is 29.8 Å². The summed E-state index contributed by atoms with van der Waals surface area (Å²) in [6, 6.07) is 8.25. The van der Waals surface area contributed by atoms with E-state index in [9.17, 15) is 5.11 Å². The van der Waals surface area contributed by atoms with Crippen molar-refractivity contribution in [3.63, 3.8) is 0 Å². The first-order chi connectivity index (χ1) is 7.63. The summed E-state index contributed by atoms with van der Waals surface area (Å²) in [5.41, 5.74) is 6.12. The van der Waals surface area contributed by atoms with E-state index in [1.165, 1.54) is 5.69 Å². The molecule has 1 aliphatic heterocycles. The molecule has 3 N–H and O–H groups in total. The molecular formula is C12H17BrN2O. The molecule has 16 heavy (non-hydrogen) atoms. The van der Waals surface area contributed by atoms with E-state index in [0.29, 0.717) is 6.54 Å². The number of anilines is 1. The molecule has 88 valence electrons. The lowest BCUT2D eigenvalue weighted by Gasteiger charge is -2.38. The number of benzene rings is 1. The summed E-state index contributed by atoms with van der Waals surface area (Å²) in [6.07, 6.45) is 1.49. The predicted molar refractivity (Wildman–Crippen MR) is 69.6 cm³/mol. The third-order valence-corrected chi connectivity index (χ3v) is 3.74. The number of nitrogens with zero attached hydrogens (tertiary/aromatic N) is 1. The van der Waals surface area contributed by atoms with Crippen LogP contribution in [0.5, 0.6) is 0 Å². The molecule has 0 aromatic heterocycles. The number of halogens is 1. The summed E-state index contributed by atoms with van der Waals surface area (Å²) in [6.45, 7) is 2.09. The molecule has 4 heteroatoms. The standard InChI is InChI=1S/C12H17BrN2O/c13-10-2-1-3-11(8-10)15-6-4-12(16,9-14)5-7-15/h1-3,8,16H,4-7,9,14H2. The minimum absolute atomic E-state index is 0.360. The SMILES string of the molecule is NCC1(O)CCN(c2cccc(Br)c2)CC1. The number of piperidine rings is 1. The fraction of sp³-hybridized carbons (Fsp3) is 0.500. The van der Waals surface area contributed by atoms with Gasteiger partial charge in [-0.3, -0.25) is 0 Å². The van der Waals surface area contributed by atoms with E-state index in [0.717, 1.165) is 30.4 Å². The summed E-state index contributed by atoms with van der Waals surface area (Å²) in [7, 11) is 0. The summed E-state index contributed by atoms with van der Waals surface area (Å²) >= 11 is 3.47. The third-order valence-electron chi connectivity index (χ3n) is 3.25. The normalized spacial score (nSPS) is 19.8. The Balaban J connectivity index is 2.04. The number of rotatable bonds is 2. The molecule has 0 radical (unpaired) electrons. The van der Waals surface area contributed by atoms with Gasteiger partial charge in [-0.15, -0.1) is 0 Å². The Labute approximate surface area is 104 Å². The van der Waals surface area contributed by atoms with Gasteiger partial charge in [-0.25, -0.2) is 0 Å². The lowest BCUT2D eigenvalue weighted by atomic mass is 9.91. The van der Waals surface area contributed by atoms with Crippen molar-refractivity contribution >= 4 is 21.6 Å². The molecule has 2 rings (SSSR count). The molecule has 0 bridgehead atoms. The zero-order valence-electron chi connectivity index (χ0n) is 9.19. The summed E-state index contributed by atoms with van der Waals surface area (Å²) in [5.74, 6) is 0. The van der Waals surface area contributed by atoms with Crippen LogP contribution in [0.2, 0.25) is 0 Å². The molecule has 1 aromatic carbocycles. The van der Waals surface area contributed by atoms with Crippen LogP contribution in [0.3, 0.4) is 0 Å². The minimum atomic E-state index is -0.650. The van der Waals surface area contributed by atoms with E-state index in [2.05, 4.69) is 33.0 Å². The van der Waals surface area contributed by atoms with Crippen molar-refractivity contribution in [1.29, 1.82) is 0 Å². The van der Waals surface area contributed by atoms with Gasteiger partial charge in [0.05, 0.1) is 5.60 Å². The van der Waals surface area contributed by atoms with Gasteiger partial charge in [0.15, 0.2) is 0 Å². The van der Waals surface area contributed by atoms with Crippen LogP contribution in [-0.4, -0.2) is 30.3 Å². The first-order valence-electron chi connectivity index (χ1n) is 5.56. The number of hydrogen-bond donors (Lipinski definition) is 2. The smallest absolute Gasteiger partial charge is 0.0803 e. The van der Waals surface area contributed by atoms with Crippen LogP contribution in [0.15, 0.2) is 28.7 Å². The Morgan fingerprint density at radius 3 is 2.62 bits per heavy atom. The molecule has 1 saturated heterocycles. The first kappa shape index (κ1) is 11.9. The maximum atomic E-state index is 10.0. The molecule has 0 amide bonds. The number of nitrogens with two attached hydrogens (primary N) is 1. The highest BCUT2D eigenvalue weighted by Crippen LogP contribution is 2.27. The van der Waals surface area contributed by atoms with Crippen LogP contribution < -0.4 is 10.6 Å². The van der Waals surface area contributed by atoms with Crippen molar-refractivity contribution in [2.24, 2.45) is 5.73 Å². The van der Waals surface area contributed by atoms with Crippen LogP contribution in [0.4, 0.5) is 5.69 Å². The van der Waals surface area contributed by atoms with Gasteiger partial charge in [0.2, 0.25) is 0 Å². The fourth-order valence-corrected chi connectivity index (χ4v) is 2.45. The van der Waals surface area contributed by atoms with Crippen molar-refractivity contribution < 1.29 is 5.11 Å². The minimum Gasteiger partial charge on any atom is -0.388 e. The van der Waals surface area contributed by atoms with Crippen molar-refractivity contribution in [3.8, 4) is 0 Å². The van der Waals surface area contributed by atoms with E-state index in [-0.39, 0.29) is 0 Å². The highest BCUT2D eigenvalue weighted by atomic mass is 79.9. The molecule has 0 saturated carbocycles. The molecule has 0 unspecified atom stereocenters. The van der Waals surface area contributed by atoms with E-state index < -0.39 is 5.60 Å². The summed E-state index contributed by atoms with van der Waals surface area (Å²) in [4.78, 5) is 2.29. The zero-order chi connectivity index (χ0) is 11.6. The zero-order valence-corrected chi connectivity index (χ0v) is 10.8. The van der Waals surface area contributed by atoms with E-state index >= 15 is 0 Å². The molecule has 1 aliphatic rings. The average molecular weight is 285 g/mol. The van der Waals surface area contributed by atoms with Crippen LogP contribution in [0, 0.1) is 0 Å². The molecule has 1 heterocycles. The Kier molecular flexibility index (Phi) is 3.52. The average Bonchev–Trinajstić information content (AvgIpc) is 2.30. The van der Waals surface area contributed by atoms with Gasteiger partial charge in [-0.05, 0) is 31.0 Å². The van der Waals surface area contributed by atoms with Crippen LogP contribution in [-0.2, 0) is 0 Å². The predicted octanol–water partition coefficient (Wildman–Crippen LogP) is 1.74. The van der Waals surface area contributed by atoms with Gasteiger partial charge in [0.25, 0.3) is 0 Å². The molecular weight excluding hydrogens is 268 g/mol. The van der Waals surface area contributed by atoms with Crippen molar-refractivity contribution in [2.45, 2.75) is 18.4 Å². The molecule has 0 aliphatic carbocycles. The van der Waals surface area contributed by atoms with Gasteiger partial charge >= 0.3 is 0 Å². The second-order valence-electron chi connectivity index (χ2n) is 4.40. The molecule has 1 fully saturated rings. The van der Waals surface area contributed by atoms with Crippen LogP contribution in [0.1, 0.15) is 12.8 Å². The monoisotopic (exact) mass is 284 g/mol. The van der Waals surface area contributed by atoms with Gasteiger partial charge in [-0.2, -0.15) is 0 Å². The lowest BCUT2D eigenvalue weighted by Crippen LogP contribution is -2.48. The first-order valence-corrected chi connectivity index (χ1v) is 6.35. The molecule has 0 atom stereocenters. The molecule has 3 nitrogen and oxygen atoms in total. The maximum Gasteiger partial charge on any atom is 0.0803 e. The highest BCUT2D eigenvalue weighted by molar-refractivity contribution is 9.10. The highest BCUT2D eigenvalue weighted by Gasteiger charge is 2.30. The van der Waals surface area contributed by atoms with Gasteiger partial charge < -0.3 is 15.7 Å². The fourth-order valence-electron chi connectivity index (χ4n) is 2.06. The third kappa shape index (κ3) is 2.56. The largest absolute Gasteiger partial charge is 0.388 e. The van der Waals surface area contributed by atoms with Gasteiger partial charge in [0.1, 0.15) is 0 Å². The Bertz CT molecular complexity index is 362. The van der Waals surface area contributed by atoms with Crippen molar-refractivity contribution in [1.82, 2.24) is 0 Å². The second-order valence-corrected chi connectivity index (χ2v) is 5.31. The Morgan fingerprint density at radius 1 is 1.38 bits per heavy atom. The maximum absolute atomic E-state index is 10.0. The van der Waals surface area contributed by atoms with E-state index in [1.54, 1.807) is 0 Å². The molecule has 1 aromatic rings.